The number of likely N-dealkylation sites (tertiary alicyclic amines) is 1. The third kappa shape index (κ3) is 4.97. The maximum Gasteiger partial charge on any atom is 0.266 e. The average Bonchev–Trinajstić information content (AvgIpc) is 3.13. The number of hydrogen-bond donors (Lipinski definition) is 0. The van der Waals surface area contributed by atoms with Gasteiger partial charge < -0.3 is 14.4 Å². The molecule has 176 valence electrons. The van der Waals surface area contributed by atoms with Gasteiger partial charge in [0.2, 0.25) is 0 Å². The van der Waals surface area contributed by atoms with Crippen molar-refractivity contribution in [2.24, 2.45) is 0 Å². The molecule has 1 fully saturated rings. The predicted molar refractivity (Wildman–Crippen MR) is 170 cm³/mol. The first-order chi connectivity index (χ1) is 16.1. The highest BCUT2D eigenvalue weighted by molar-refractivity contribution is 6.65. The van der Waals surface area contributed by atoms with E-state index in [2.05, 4.69) is 62.8 Å². The van der Waals surface area contributed by atoms with Crippen molar-refractivity contribution < 1.29 is 14.3 Å². The predicted octanol–water partition coefficient (Wildman–Crippen LogP) is -6.34. The minimum atomic E-state index is -1.08. The number of carbonyl (C=O) groups is 1. The Bertz CT molecular complexity index is 1140. The third-order valence-electron chi connectivity index (χ3n) is 7.81. The van der Waals surface area contributed by atoms with E-state index in [4.69, 9.17) is 21.1 Å². The minimum Gasteiger partial charge on any atom is -0.493 e. The summed E-state index contributed by atoms with van der Waals surface area (Å²) in [6.45, 7) is 4.37. The van der Waals surface area contributed by atoms with E-state index in [1.165, 1.54) is 33.0 Å². The van der Waals surface area contributed by atoms with E-state index in [0.717, 1.165) is 12.8 Å². The topological polar surface area (TPSA) is 38.8 Å². The van der Waals surface area contributed by atoms with Gasteiger partial charge in [0.1, 0.15) is 39.2 Å². The van der Waals surface area contributed by atoms with Gasteiger partial charge in [0.05, 0.1) is 30.6 Å². The molecule has 1 aliphatic rings. The fraction of sp³-hybridized carbons (Fsp3) is 0.409. The van der Waals surface area contributed by atoms with Crippen molar-refractivity contribution in [3.05, 3.63) is 34.3 Å². The largest absolute Gasteiger partial charge is 0.493 e. The Morgan fingerprint density at radius 2 is 1.60 bits per heavy atom. The molecule has 2 aromatic rings. The smallest absolute Gasteiger partial charge is 0.266 e. The molecule has 0 bridgehead atoms. The van der Waals surface area contributed by atoms with Crippen LogP contribution in [0.25, 0.3) is 0 Å². The van der Waals surface area contributed by atoms with Crippen LogP contribution in [-0.4, -0.2) is 92.8 Å². The Morgan fingerprint density at radius 1 is 1.03 bits per heavy atom. The molecule has 0 unspecified atom stereocenters. The Labute approximate surface area is 223 Å². The summed E-state index contributed by atoms with van der Waals surface area (Å²) < 4.78 is 11.7. The number of rotatable bonds is 6. The monoisotopic (exact) mass is 483 g/mol. The van der Waals surface area contributed by atoms with Crippen LogP contribution >= 0.6 is 11.6 Å². The van der Waals surface area contributed by atoms with Gasteiger partial charge in [0.25, 0.3) is 5.91 Å². The van der Waals surface area contributed by atoms with E-state index in [0.29, 0.717) is 23.1 Å². The minimum absolute atomic E-state index is 0.0245. The SMILES string of the molecule is Bc1c(B)c([C@]2(B)CCCN2C(=O)C(C)(C)Oc2ccc(Cl)cc2OC)c(B)c(B)c1C(B)(B)B. The van der Waals surface area contributed by atoms with Crippen LogP contribution < -0.4 is 31.3 Å². The zero-order chi connectivity index (χ0) is 26.5. The molecular formula is C22H34B8ClNO3. The van der Waals surface area contributed by atoms with Gasteiger partial charge in [-0.1, -0.05) is 44.1 Å². The lowest BCUT2D eigenvalue weighted by Gasteiger charge is -2.44. The number of ether oxygens (including phenoxy) is 2. The molecule has 13 heteroatoms. The average molecular weight is 482 g/mol. The summed E-state index contributed by atoms with van der Waals surface area (Å²) >= 11 is 6.12. The van der Waals surface area contributed by atoms with Crippen molar-refractivity contribution in [3.63, 3.8) is 0 Å². The Balaban J connectivity index is 2.06. The van der Waals surface area contributed by atoms with Gasteiger partial charge in [0, 0.05) is 23.1 Å². The van der Waals surface area contributed by atoms with Gasteiger partial charge in [-0.15, -0.1) is 0 Å². The summed E-state index contributed by atoms with van der Waals surface area (Å²) in [5.74, 6) is 0.992. The number of benzene rings is 2. The first-order valence-corrected chi connectivity index (χ1v) is 12.9. The van der Waals surface area contributed by atoms with E-state index in [-0.39, 0.29) is 11.0 Å². The maximum atomic E-state index is 14.1. The molecule has 1 amide bonds. The van der Waals surface area contributed by atoms with Gasteiger partial charge in [0.15, 0.2) is 17.1 Å². The number of methoxy groups -OCH3 is 1. The molecule has 1 aliphatic heterocycles. The molecule has 3 rings (SSSR count). The van der Waals surface area contributed by atoms with Crippen molar-refractivity contribution in [1.29, 1.82) is 0 Å². The fourth-order valence-electron chi connectivity index (χ4n) is 6.16. The zero-order valence-corrected chi connectivity index (χ0v) is 24.2. The van der Waals surface area contributed by atoms with E-state index in [1.807, 2.05) is 18.7 Å². The van der Waals surface area contributed by atoms with Crippen LogP contribution in [-0.2, 0) is 15.3 Å². The third-order valence-corrected chi connectivity index (χ3v) is 8.04. The van der Waals surface area contributed by atoms with Crippen LogP contribution in [0.2, 0.25) is 5.02 Å². The van der Waals surface area contributed by atoms with E-state index in [1.54, 1.807) is 25.3 Å². The first kappa shape index (κ1) is 27.9. The lowest BCUT2D eigenvalue weighted by molar-refractivity contribution is -0.147. The van der Waals surface area contributed by atoms with Crippen molar-refractivity contribution in [2.45, 2.75) is 42.8 Å². The van der Waals surface area contributed by atoms with E-state index >= 15 is 0 Å². The van der Waals surface area contributed by atoms with Gasteiger partial charge in [-0.3, -0.25) is 4.79 Å². The van der Waals surface area contributed by atoms with Gasteiger partial charge in [-0.25, -0.2) is 0 Å². The zero-order valence-electron chi connectivity index (χ0n) is 23.4. The van der Waals surface area contributed by atoms with Crippen molar-refractivity contribution in [1.82, 2.24) is 4.90 Å². The number of amides is 1. The molecule has 0 aliphatic carbocycles. The molecule has 1 heterocycles. The molecule has 0 aromatic heterocycles. The van der Waals surface area contributed by atoms with Crippen LogP contribution in [0.4, 0.5) is 0 Å². The molecular weight excluding hydrogens is 448 g/mol. The quantitative estimate of drug-likeness (QED) is 0.385. The van der Waals surface area contributed by atoms with Crippen LogP contribution in [0.1, 0.15) is 37.8 Å². The fourth-order valence-corrected chi connectivity index (χ4v) is 6.33. The Morgan fingerprint density at radius 3 is 2.11 bits per heavy atom. The maximum absolute atomic E-state index is 14.1. The summed E-state index contributed by atoms with van der Waals surface area (Å²) in [4.78, 5) is 16.1. The summed E-state index contributed by atoms with van der Waals surface area (Å²) in [5, 5.41) is 0.614. The van der Waals surface area contributed by atoms with Crippen LogP contribution in [0.3, 0.4) is 0 Å². The summed E-state index contributed by atoms with van der Waals surface area (Å²) in [5.41, 5.74) is 6.46. The van der Waals surface area contributed by atoms with Gasteiger partial charge in [-0.2, -0.15) is 0 Å². The molecule has 0 saturated carbocycles. The standard InChI is InChI=1S/C22H34B8ClNO3/c1-20(2,35-11-6-5-10(31)9-12(11)34-3)19(33)32-8-4-7-21(32,27)13-15(23)17(25)14(22(28,29)30)18(26)16(13)24/h5-6,9H,4,7-8,23-30H2,1-3H3/t21-/m0/s1. The van der Waals surface area contributed by atoms with E-state index in [9.17, 15) is 4.79 Å². The normalized spacial score (nSPS) is 18.5. The van der Waals surface area contributed by atoms with Crippen molar-refractivity contribution in [2.75, 3.05) is 13.7 Å². The second-order valence-corrected chi connectivity index (χ2v) is 12.2. The molecule has 1 atom stereocenters. The van der Waals surface area contributed by atoms with Crippen molar-refractivity contribution >= 4 is 102 Å². The highest BCUT2D eigenvalue weighted by atomic mass is 35.5. The van der Waals surface area contributed by atoms with E-state index < -0.39 is 11.0 Å². The Hall–Kier alpha value is -1.68. The molecule has 4 nitrogen and oxygen atoms in total. The lowest BCUT2D eigenvalue weighted by Crippen LogP contribution is -2.61. The number of hydrogen-bond acceptors (Lipinski definition) is 3. The first-order valence-electron chi connectivity index (χ1n) is 12.5. The molecule has 0 N–H and O–H groups in total. The number of halogens is 1. The number of nitrogens with zero attached hydrogens (tertiary/aromatic N) is 1. The Kier molecular flexibility index (Phi) is 7.69. The summed E-state index contributed by atoms with van der Waals surface area (Å²) in [7, 11) is 19.5. The lowest BCUT2D eigenvalue weighted by atomic mass is 9.36. The van der Waals surface area contributed by atoms with Crippen LogP contribution in [0.15, 0.2) is 18.2 Å². The molecule has 1 saturated heterocycles. The van der Waals surface area contributed by atoms with Crippen molar-refractivity contribution in [3.8, 4) is 11.5 Å². The van der Waals surface area contributed by atoms with Gasteiger partial charge >= 0.3 is 0 Å². The molecule has 2 aromatic carbocycles. The summed E-state index contributed by atoms with van der Waals surface area (Å²) in [6, 6.07) is 5.20. The van der Waals surface area contributed by atoms with Gasteiger partial charge in [-0.05, 0) is 44.4 Å². The molecule has 0 radical (unpaired) electrons. The molecule has 35 heavy (non-hydrogen) atoms. The second kappa shape index (κ2) is 9.65. The van der Waals surface area contributed by atoms with Crippen LogP contribution in [0, 0.1) is 0 Å². The second-order valence-electron chi connectivity index (χ2n) is 11.7. The highest BCUT2D eigenvalue weighted by Gasteiger charge is 2.48. The molecule has 0 spiro atoms. The highest BCUT2D eigenvalue weighted by Crippen LogP contribution is 2.38. The summed E-state index contributed by atoms with van der Waals surface area (Å²) in [6.07, 6.45) is 1.88. The number of carbonyl (C=O) groups excluding carboxylic acids is 1. The van der Waals surface area contributed by atoms with Crippen LogP contribution in [0.5, 0.6) is 11.5 Å².